The van der Waals surface area contributed by atoms with Crippen molar-refractivity contribution in [1.82, 2.24) is 4.98 Å². The highest BCUT2D eigenvalue weighted by Gasteiger charge is 2.12. The molecule has 3 rings (SSSR count). The van der Waals surface area contributed by atoms with Crippen LogP contribution in [0, 0.1) is 20.8 Å². The molecule has 4 nitrogen and oxygen atoms in total. The smallest absolute Gasteiger partial charge is 0.226 e. The van der Waals surface area contributed by atoms with Gasteiger partial charge in [0.05, 0.1) is 12.3 Å². The molecule has 0 bridgehead atoms. The number of nitrogens with zero attached hydrogens (tertiary/aromatic N) is 1. The molecule has 0 radical (unpaired) electrons. The zero-order chi connectivity index (χ0) is 21.0. The number of aromatic nitrogens is 1. The molecule has 1 heterocycles. The molecule has 0 spiro atoms. The number of anilines is 1. The average Bonchev–Trinajstić information content (AvgIpc) is 3.03. The first-order chi connectivity index (χ1) is 13.8. The number of halogens is 2. The van der Waals surface area contributed by atoms with Crippen LogP contribution in [0.2, 0.25) is 10.0 Å². The maximum Gasteiger partial charge on any atom is 0.226 e. The molecule has 1 aromatic heterocycles. The highest BCUT2D eigenvalue weighted by Crippen LogP contribution is 2.31. The summed E-state index contributed by atoms with van der Waals surface area (Å²) in [5.74, 6) is 0.696. The number of carbonyl (C=O) groups excluding carboxylic acids is 1. The summed E-state index contributed by atoms with van der Waals surface area (Å²) in [6, 6.07) is 11.3. The number of hydrogen-bond acceptors (Lipinski definition) is 4. The minimum atomic E-state index is -0.0755. The first kappa shape index (κ1) is 21.6. The fourth-order valence-corrected chi connectivity index (χ4v) is 4.01. The molecule has 0 saturated heterocycles. The molecule has 2 aromatic carbocycles. The summed E-state index contributed by atoms with van der Waals surface area (Å²) in [4.78, 5) is 17.8. The molecule has 7 heteroatoms. The van der Waals surface area contributed by atoms with Crippen molar-refractivity contribution in [2.45, 2.75) is 33.6 Å². The molecule has 1 amide bonds. The van der Waals surface area contributed by atoms with Gasteiger partial charge in [-0.25, -0.2) is 4.98 Å². The van der Waals surface area contributed by atoms with Gasteiger partial charge in [-0.2, -0.15) is 0 Å². The van der Waals surface area contributed by atoms with Crippen LogP contribution in [0.1, 0.15) is 28.8 Å². The molecule has 152 valence electrons. The number of nitrogens with one attached hydrogen (secondary N) is 1. The second kappa shape index (κ2) is 9.61. The first-order valence-corrected chi connectivity index (χ1v) is 10.8. The number of carbonyl (C=O) groups is 1. The monoisotopic (exact) mass is 448 g/mol. The molecule has 0 aliphatic rings. The Balaban J connectivity index is 1.50. The van der Waals surface area contributed by atoms with E-state index in [4.69, 9.17) is 27.9 Å². The highest BCUT2D eigenvalue weighted by atomic mass is 35.5. The van der Waals surface area contributed by atoms with Crippen molar-refractivity contribution in [3.8, 4) is 17.0 Å². The zero-order valence-electron chi connectivity index (χ0n) is 16.5. The predicted molar refractivity (Wildman–Crippen MR) is 122 cm³/mol. The number of amides is 1. The van der Waals surface area contributed by atoms with E-state index in [1.54, 1.807) is 0 Å². The van der Waals surface area contributed by atoms with E-state index in [1.165, 1.54) is 11.3 Å². The Kier molecular flexibility index (Phi) is 7.17. The summed E-state index contributed by atoms with van der Waals surface area (Å²) in [5, 5.41) is 4.92. The Morgan fingerprint density at radius 3 is 2.41 bits per heavy atom. The average molecular weight is 449 g/mol. The van der Waals surface area contributed by atoms with Gasteiger partial charge < -0.3 is 10.1 Å². The van der Waals surface area contributed by atoms with Gasteiger partial charge in [0.2, 0.25) is 5.91 Å². The summed E-state index contributed by atoms with van der Waals surface area (Å²) in [6.45, 7) is 6.34. The summed E-state index contributed by atoms with van der Waals surface area (Å²) >= 11 is 13.6. The molecule has 0 atom stereocenters. The van der Waals surface area contributed by atoms with Crippen molar-refractivity contribution in [2.24, 2.45) is 0 Å². The summed E-state index contributed by atoms with van der Waals surface area (Å²) in [6.07, 6.45) is 0.974. The molecule has 29 heavy (non-hydrogen) atoms. The van der Waals surface area contributed by atoms with Crippen molar-refractivity contribution in [1.29, 1.82) is 0 Å². The van der Waals surface area contributed by atoms with E-state index in [1.807, 2.05) is 57.2 Å². The Labute approximate surface area is 184 Å². The summed E-state index contributed by atoms with van der Waals surface area (Å²) < 4.78 is 5.75. The number of hydrogen-bond donors (Lipinski definition) is 1. The minimum absolute atomic E-state index is 0.0755. The third kappa shape index (κ3) is 5.72. The molecule has 0 unspecified atom stereocenters. The molecule has 0 aliphatic carbocycles. The van der Waals surface area contributed by atoms with Crippen LogP contribution in [0.25, 0.3) is 11.3 Å². The van der Waals surface area contributed by atoms with Crippen LogP contribution in [0.4, 0.5) is 5.13 Å². The van der Waals surface area contributed by atoms with Gasteiger partial charge in [-0.3, -0.25) is 4.79 Å². The fraction of sp³-hybridized carbons (Fsp3) is 0.273. The number of rotatable bonds is 7. The number of benzene rings is 2. The summed E-state index contributed by atoms with van der Waals surface area (Å²) in [5.41, 5.74) is 3.80. The lowest BCUT2D eigenvalue weighted by molar-refractivity contribution is -0.116. The van der Waals surface area contributed by atoms with Crippen LogP contribution < -0.4 is 10.1 Å². The van der Waals surface area contributed by atoms with E-state index in [0.29, 0.717) is 29.6 Å². The third-order valence-electron chi connectivity index (χ3n) is 4.39. The van der Waals surface area contributed by atoms with Crippen LogP contribution in [0.5, 0.6) is 5.75 Å². The Morgan fingerprint density at radius 2 is 1.76 bits per heavy atom. The molecule has 0 fully saturated rings. The van der Waals surface area contributed by atoms with Crippen molar-refractivity contribution in [3.63, 3.8) is 0 Å². The van der Waals surface area contributed by atoms with Gasteiger partial charge in [-0.1, -0.05) is 35.3 Å². The highest BCUT2D eigenvalue weighted by molar-refractivity contribution is 7.16. The molecule has 0 aliphatic heterocycles. The van der Waals surface area contributed by atoms with E-state index < -0.39 is 0 Å². The zero-order valence-corrected chi connectivity index (χ0v) is 18.8. The topological polar surface area (TPSA) is 51.2 Å². The van der Waals surface area contributed by atoms with Gasteiger partial charge in [0.15, 0.2) is 5.13 Å². The molecule has 1 N–H and O–H groups in total. The van der Waals surface area contributed by atoms with Crippen LogP contribution in [0.15, 0.2) is 36.4 Å². The number of thiazole rings is 1. The van der Waals surface area contributed by atoms with Gasteiger partial charge in [0, 0.05) is 26.9 Å². The molecular formula is C22H22Cl2N2O2S. The Bertz CT molecular complexity index is 993. The normalized spacial score (nSPS) is 10.8. The van der Waals surface area contributed by atoms with Crippen LogP contribution in [-0.2, 0) is 4.79 Å². The number of ether oxygens (including phenoxy) is 1. The second-order valence-corrected chi connectivity index (χ2v) is 8.82. The van der Waals surface area contributed by atoms with Gasteiger partial charge >= 0.3 is 0 Å². The van der Waals surface area contributed by atoms with E-state index >= 15 is 0 Å². The van der Waals surface area contributed by atoms with Gasteiger partial charge in [0.25, 0.3) is 0 Å². The summed E-state index contributed by atoms with van der Waals surface area (Å²) in [7, 11) is 0. The van der Waals surface area contributed by atoms with Gasteiger partial charge in [0.1, 0.15) is 5.75 Å². The lowest BCUT2D eigenvalue weighted by Gasteiger charge is -2.09. The van der Waals surface area contributed by atoms with Crippen molar-refractivity contribution in [3.05, 3.63) is 62.4 Å². The minimum Gasteiger partial charge on any atom is -0.494 e. The van der Waals surface area contributed by atoms with Crippen molar-refractivity contribution >= 4 is 45.6 Å². The first-order valence-electron chi connectivity index (χ1n) is 9.26. The maximum atomic E-state index is 12.2. The quantitative estimate of drug-likeness (QED) is 0.402. The second-order valence-electron chi connectivity index (χ2n) is 6.80. The maximum absolute atomic E-state index is 12.2. The van der Waals surface area contributed by atoms with Crippen LogP contribution >= 0.6 is 34.5 Å². The Hall–Kier alpha value is -2.08. The third-order valence-corrected chi connectivity index (χ3v) is 6.12. The number of aryl methyl sites for hydroxylation is 3. The van der Waals surface area contributed by atoms with Gasteiger partial charge in [-0.15, -0.1) is 11.3 Å². The van der Waals surface area contributed by atoms with Gasteiger partial charge in [-0.05, 0) is 62.6 Å². The van der Waals surface area contributed by atoms with Crippen molar-refractivity contribution in [2.75, 3.05) is 11.9 Å². The lowest BCUT2D eigenvalue weighted by atomic mass is 10.1. The van der Waals surface area contributed by atoms with Crippen LogP contribution in [0.3, 0.4) is 0 Å². The van der Waals surface area contributed by atoms with Crippen molar-refractivity contribution < 1.29 is 9.53 Å². The molecular weight excluding hydrogens is 427 g/mol. The van der Waals surface area contributed by atoms with E-state index in [9.17, 15) is 4.79 Å². The molecule has 0 saturated carbocycles. The fourth-order valence-electron chi connectivity index (χ4n) is 2.92. The Morgan fingerprint density at radius 1 is 1.10 bits per heavy atom. The van der Waals surface area contributed by atoms with E-state index in [0.717, 1.165) is 38.0 Å². The van der Waals surface area contributed by atoms with E-state index in [-0.39, 0.29) is 5.91 Å². The largest absolute Gasteiger partial charge is 0.494 e. The van der Waals surface area contributed by atoms with Crippen LogP contribution in [-0.4, -0.2) is 17.5 Å². The predicted octanol–water partition coefficient (Wildman–Crippen LogP) is 6.84. The lowest BCUT2D eigenvalue weighted by Crippen LogP contribution is -2.12. The molecule has 3 aromatic rings. The standard InChI is InChI=1S/C22H22Cl2N2O2S/c1-13-11-18(12-14(2)20(13)24)28-10-4-5-19(27)25-22-26-21(15(3)29-22)16-6-8-17(23)9-7-16/h6-9,11-12H,4-5,10H2,1-3H3,(H,25,26,27). The van der Waals surface area contributed by atoms with E-state index in [2.05, 4.69) is 10.3 Å². The SMILES string of the molecule is Cc1cc(OCCCC(=O)Nc2nc(-c3ccc(Cl)cc3)c(C)s2)cc(C)c1Cl.